The van der Waals surface area contributed by atoms with Crippen LogP contribution in [-0.4, -0.2) is 30.0 Å². The topological polar surface area (TPSA) is 94.3 Å². The van der Waals surface area contributed by atoms with Gasteiger partial charge in [-0.1, -0.05) is 0 Å². The predicted octanol–water partition coefficient (Wildman–Crippen LogP) is -0.168. The zero-order valence-corrected chi connectivity index (χ0v) is 9.77. The Morgan fingerprint density at radius 3 is 2.88 bits per heavy atom. The highest BCUT2D eigenvalue weighted by atomic mass is 16.5. The number of aromatic nitrogens is 1. The second-order valence-corrected chi connectivity index (χ2v) is 3.47. The van der Waals surface area contributed by atoms with Gasteiger partial charge in [0.1, 0.15) is 11.7 Å². The molecule has 0 aliphatic carbocycles. The molecule has 0 aliphatic heterocycles. The van der Waals surface area contributed by atoms with E-state index >= 15 is 0 Å². The fourth-order valence-electron chi connectivity index (χ4n) is 1.23. The van der Waals surface area contributed by atoms with Crippen LogP contribution in [-0.2, 0) is 16.1 Å². The number of amides is 1. The number of nitrogens with two attached hydrogens (primary N) is 1. The van der Waals surface area contributed by atoms with E-state index in [1.54, 1.807) is 12.1 Å². The van der Waals surface area contributed by atoms with Gasteiger partial charge in [0.25, 0.3) is 5.91 Å². The van der Waals surface area contributed by atoms with Crippen LogP contribution in [0.5, 0.6) is 0 Å². The van der Waals surface area contributed by atoms with Crippen LogP contribution in [0.3, 0.4) is 0 Å². The van der Waals surface area contributed by atoms with Crippen LogP contribution in [0.15, 0.2) is 18.3 Å². The molecule has 0 fully saturated rings. The molecule has 1 amide bonds. The molecule has 0 saturated heterocycles. The van der Waals surface area contributed by atoms with Crippen LogP contribution in [0.25, 0.3) is 0 Å². The van der Waals surface area contributed by atoms with Crippen LogP contribution in [0.4, 0.5) is 0 Å². The first-order valence-corrected chi connectivity index (χ1v) is 5.12. The third-order valence-electron chi connectivity index (χ3n) is 2.20. The molecule has 1 rings (SSSR count). The first kappa shape index (κ1) is 13.1. The van der Waals surface area contributed by atoms with Gasteiger partial charge in [-0.15, -0.1) is 0 Å². The van der Waals surface area contributed by atoms with Crippen LogP contribution in [0.2, 0.25) is 0 Å². The van der Waals surface area contributed by atoms with Crippen molar-refractivity contribution in [1.82, 2.24) is 10.3 Å². The summed E-state index contributed by atoms with van der Waals surface area (Å²) in [5, 5.41) is 2.48. The Balaban J connectivity index is 2.72. The molecule has 0 aliphatic rings. The number of hydrogen-bond donors (Lipinski definition) is 2. The van der Waals surface area contributed by atoms with E-state index in [0.29, 0.717) is 6.54 Å². The Morgan fingerprint density at radius 2 is 2.29 bits per heavy atom. The molecule has 0 spiro atoms. The molecular formula is C11H15N3O3. The maximum absolute atomic E-state index is 11.7. The highest BCUT2D eigenvalue weighted by Gasteiger charge is 2.17. The van der Waals surface area contributed by atoms with Crippen LogP contribution in [0, 0.1) is 0 Å². The lowest BCUT2D eigenvalue weighted by molar-refractivity contribution is -0.142. The molecule has 1 aromatic heterocycles. The van der Waals surface area contributed by atoms with Gasteiger partial charge in [-0.2, -0.15) is 0 Å². The second-order valence-electron chi connectivity index (χ2n) is 3.47. The number of hydrogen-bond acceptors (Lipinski definition) is 5. The van der Waals surface area contributed by atoms with Crippen LogP contribution in [0.1, 0.15) is 23.0 Å². The van der Waals surface area contributed by atoms with Gasteiger partial charge in [-0.25, -0.2) is 4.79 Å². The van der Waals surface area contributed by atoms with Crippen LogP contribution >= 0.6 is 0 Å². The summed E-state index contributed by atoms with van der Waals surface area (Å²) >= 11 is 0. The Labute approximate surface area is 99.2 Å². The van der Waals surface area contributed by atoms with Gasteiger partial charge in [0.2, 0.25) is 0 Å². The minimum Gasteiger partial charge on any atom is -0.467 e. The van der Waals surface area contributed by atoms with Gasteiger partial charge in [-0.3, -0.25) is 9.78 Å². The standard InChI is InChI=1S/C11H15N3O3/c1-7(11(16)17-2)14-10(15)9-5-8(6-12)3-4-13-9/h3-5,7H,6,12H2,1-2H3,(H,14,15)/t7-/m0/s1. The fourth-order valence-corrected chi connectivity index (χ4v) is 1.23. The molecule has 0 aromatic carbocycles. The maximum Gasteiger partial charge on any atom is 0.328 e. The van der Waals surface area contributed by atoms with Gasteiger partial charge in [0, 0.05) is 12.7 Å². The second kappa shape index (κ2) is 5.95. The van der Waals surface area contributed by atoms with E-state index in [0.717, 1.165) is 5.56 Å². The maximum atomic E-state index is 11.7. The minimum atomic E-state index is -0.712. The minimum absolute atomic E-state index is 0.226. The van der Waals surface area contributed by atoms with Crippen molar-refractivity contribution < 1.29 is 14.3 Å². The Hall–Kier alpha value is -1.95. The van der Waals surface area contributed by atoms with E-state index in [2.05, 4.69) is 15.0 Å². The van der Waals surface area contributed by atoms with Crippen molar-refractivity contribution in [3.8, 4) is 0 Å². The van der Waals surface area contributed by atoms with Crippen molar-refractivity contribution in [2.45, 2.75) is 19.5 Å². The Kier molecular flexibility index (Phi) is 4.59. The summed E-state index contributed by atoms with van der Waals surface area (Å²) in [7, 11) is 1.26. The summed E-state index contributed by atoms with van der Waals surface area (Å²) in [6.45, 7) is 1.87. The molecule has 0 saturated carbocycles. The summed E-state index contributed by atoms with van der Waals surface area (Å²) in [5.74, 6) is -0.938. The van der Waals surface area contributed by atoms with Crippen molar-refractivity contribution in [2.75, 3.05) is 7.11 Å². The predicted molar refractivity (Wildman–Crippen MR) is 61.1 cm³/mol. The van der Waals surface area contributed by atoms with Gasteiger partial charge in [0.05, 0.1) is 7.11 Å². The van der Waals surface area contributed by atoms with Gasteiger partial charge < -0.3 is 15.8 Å². The molecule has 3 N–H and O–H groups in total. The number of nitrogens with zero attached hydrogens (tertiary/aromatic N) is 1. The lowest BCUT2D eigenvalue weighted by Crippen LogP contribution is -2.39. The van der Waals surface area contributed by atoms with Gasteiger partial charge in [0.15, 0.2) is 0 Å². The van der Waals surface area contributed by atoms with Crippen molar-refractivity contribution in [3.63, 3.8) is 0 Å². The fraction of sp³-hybridized carbons (Fsp3) is 0.364. The molecule has 6 heteroatoms. The number of nitrogens with one attached hydrogen (secondary N) is 1. The van der Waals surface area contributed by atoms with E-state index in [1.165, 1.54) is 20.2 Å². The lowest BCUT2D eigenvalue weighted by Gasteiger charge is -2.11. The smallest absolute Gasteiger partial charge is 0.328 e. The zero-order chi connectivity index (χ0) is 12.8. The summed E-state index contributed by atoms with van der Waals surface area (Å²) in [6.07, 6.45) is 1.50. The SMILES string of the molecule is COC(=O)[C@H](C)NC(=O)c1cc(CN)ccn1. The lowest BCUT2D eigenvalue weighted by atomic mass is 10.2. The van der Waals surface area contributed by atoms with Crippen molar-refractivity contribution in [3.05, 3.63) is 29.6 Å². The molecule has 0 unspecified atom stereocenters. The molecule has 1 atom stereocenters. The number of rotatable bonds is 4. The summed E-state index contributed by atoms with van der Waals surface area (Å²) in [4.78, 5) is 26.8. The largest absolute Gasteiger partial charge is 0.467 e. The summed E-state index contributed by atoms with van der Waals surface area (Å²) < 4.78 is 4.50. The first-order valence-electron chi connectivity index (χ1n) is 5.12. The number of esters is 1. The number of methoxy groups -OCH3 is 1. The Bertz CT molecular complexity index is 420. The Morgan fingerprint density at radius 1 is 1.59 bits per heavy atom. The van der Waals surface area contributed by atoms with Crippen molar-refractivity contribution in [1.29, 1.82) is 0 Å². The molecule has 1 heterocycles. The number of carbonyl (C=O) groups is 2. The van der Waals surface area contributed by atoms with E-state index in [1.807, 2.05) is 0 Å². The average Bonchev–Trinajstić information content (AvgIpc) is 2.37. The highest BCUT2D eigenvalue weighted by molar-refractivity contribution is 5.95. The number of pyridine rings is 1. The molecule has 92 valence electrons. The quantitative estimate of drug-likeness (QED) is 0.709. The molecular weight excluding hydrogens is 222 g/mol. The van der Waals surface area contributed by atoms with E-state index < -0.39 is 17.9 Å². The van der Waals surface area contributed by atoms with E-state index in [9.17, 15) is 9.59 Å². The number of ether oxygens (including phenoxy) is 1. The normalized spacial score (nSPS) is 11.7. The van der Waals surface area contributed by atoms with E-state index in [-0.39, 0.29) is 5.69 Å². The molecule has 6 nitrogen and oxygen atoms in total. The van der Waals surface area contributed by atoms with Crippen LogP contribution < -0.4 is 11.1 Å². The third kappa shape index (κ3) is 3.53. The van der Waals surface area contributed by atoms with Gasteiger partial charge in [-0.05, 0) is 24.6 Å². The third-order valence-corrected chi connectivity index (χ3v) is 2.20. The van der Waals surface area contributed by atoms with E-state index in [4.69, 9.17) is 5.73 Å². The summed E-state index contributed by atoms with van der Waals surface area (Å²) in [6, 6.07) is 2.59. The van der Waals surface area contributed by atoms with Gasteiger partial charge >= 0.3 is 5.97 Å². The zero-order valence-electron chi connectivity index (χ0n) is 9.77. The molecule has 1 aromatic rings. The molecule has 0 bridgehead atoms. The summed E-state index contributed by atoms with van der Waals surface area (Å²) in [5.41, 5.74) is 6.48. The van der Waals surface area contributed by atoms with Crippen molar-refractivity contribution >= 4 is 11.9 Å². The molecule has 0 radical (unpaired) electrons. The highest BCUT2D eigenvalue weighted by Crippen LogP contribution is 2.01. The number of carbonyl (C=O) groups excluding carboxylic acids is 2. The average molecular weight is 237 g/mol. The van der Waals surface area contributed by atoms with Crippen molar-refractivity contribution in [2.24, 2.45) is 5.73 Å². The monoisotopic (exact) mass is 237 g/mol. The first-order chi connectivity index (χ1) is 8.08. The molecule has 17 heavy (non-hydrogen) atoms.